The van der Waals surface area contributed by atoms with Crippen molar-refractivity contribution < 1.29 is 8.78 Å². The van der Waals surface area contributed by atoms with Crippen molar-refractivity contribution in [3.8, 4) is 0 Å². The molecule has 1 atom stereocenters. The molecule has 0 bridgehead atoms. The molecule has 3 rings (SSSR count). The third-order valence-corrected chi connectivity index (χ3v) is 2.85. The van der Waals surface area contributed by atoms with Crippen molar-refractivity contribution in [2.45, 2.75) is 18.9 Å². The first kappa shape index (κ1) is 9.89. The molecule has 7 heteroatoms. The Morgan fingerprint density at radius 1 is 1.50 bits per heavy atom. The summed E-state index contributed by atoms with van der Waals surface area (Å²) in [5.74, 6) is -3.19. The van der Waals surface area contributed by atoms with E-state index < -0.39 is 11.8 Å². The second-order valence-corrected chi connectivity index (χ2v) is 4.28. The van der Waals surface area contributed by atoms with E-state index in [0.29, 0.717) is 11.2 Å². The van der Waals surface area contributed by atoms with Crippen LogP contribution in [0.3, 0.4) is 0 Å². The summed E-state index contributed by atoms with van der Waals surface area (Å²) in [6.45, 7) is 0.158. The van der Waals surface area contributed by atoms with Gasteiger partial charge in [-0.1, -0.05) is 11.6 Å². The third-order valence-electron chi connectivity index (χ3n) is 2.66. The zero-order valence-electron chi connectivity index (χ0n) is 8.07. The maximum atomic E-state index is 12.8. The quantitative estimate of drug-likeness (QED) is 0.813. The summed E-state index contributed by atoms with van der Waals surface area (Å²) < 4.78 is 27.0. The molecule has 0 N–H and O–H groups in total. The van der Waals surface area contributed by atoms with Crippen molar-refractivity contribution in [2.24, 2.45) is 5.92 Å². The summed E-state index contributed by atoms with van der Waals surface area (Å²) in [4.78, 5) is 8.02. The molecule has 0 aliphatic heterocycles. The standard InChI is InChI=1S/C9H7ClF2N4/c10-7-3-13-6-2-14-16(8(6)15-7)4-5-1-9(5,11)12/h2-3,5H,1,4H2. The summed E-state index contributed by atoms with van der Waals surface area (Å²) in [6, 6.07) is 0. The van der Waals surface area contributed by atoms with Crippen molar-refractivity contribution in [1.82, 2.24) is 19.7 Å². The maximum absolute atomic E-state index is 12.8. The van der Waals surface area contributed by atoms with Gasteiger partial charge < -0.3 is 0 Å². The Kier molecular flexibility index (Phi) is 1.92. The molecule has 1 aliphatic carbocycles. The Morgan fingerprint density at radius 2 is 2.25 bits per heavy atom. The summed E-state index contributed by atoms with van der Waals surface area (Å²) in [5.41, 5.74) is 1.02. The van der Waals surface area contributed by atoms with Crippen LogP contribution in [0.1, 0.15) is 6.42 Å². The van der Waals surface area contributed by atoms with Crippen LogP contribution in [0.4, 0.5) is 8.78 Å². The first-order valence-electron chi connectivity index (χ1n) is 4.78. The average molecular weight is 245 g/mol. The van der Waals surface area contributed by atoms with Crippen molar-refractivity contribution >= 4 is 22.8 Å². The topological polar surface area (TPSA) is 43.6 Å². The van der Waals surface area contributed by atoms with Gasteiger partial charge in [0.15, 0.2) is 5.65 Å². The molecule has 0 amide bonds. The number of hydrogen-bond donors (Lipinski definition) is 0. The van der Waals surface area contributed by atoms with Crippen molar-refractivity contribution in [1.29, 1.82) is 0 Å². The Morgan fingerprint density at radius 3 is 2.94 bits per heavy atom. The molecule has 0 aromatic carbocycles. The van der Waals surface area contributed by atoms with Gasteiger partial charge in [-0.2, -0.15) is 5.10 Å². The zero-order valence-corrected chi connectivity index (χ0v) is 8.82. The monoisotopic (exact) mass is 244 g/mol. The lowest BCUT2D eigenvalue weighted by Crippen LogP contribution is -2.07. The van der Waals surface area contributed by atoms with Gasteiger partial charge in [-0.25, -0.2) is 23.4 Å². The van der Waals surface area contributed by atoms with E-state index in [1.54, 1.807) is 0 Å². The van der Waals surface area contributed by atoms with Gasteiger partial charge >= 0.3 is 0 Å². The molecule has 1 fully saturated rings. The average Bonchev–Trinajstić information content (AvgIpc) is 2.65. The molecule has 4 nitrogen and oxygen atoms in total. The highest BCUT2D eigenvalue weighted by atomic mass is 35.5. The van der Waals surface area contributed by atoms with Gasteiger partial charge in [0.2, 0.25) is 0 Å². The predicted molar refractivity (Wildman–Crippen MR) is 53.4 cm³/mol. The minimum atomic E-state index is -2.55. The van der Waals surface area contributed by atoms with Gasteiger partial charge in [0, 0.05) is 12.3 Å². The summed E-state index contributed by atoms with van der Waals surface area (Å²) in [7, 11) is 0. The second-order valence-electron chi connectivity index (χ2n) is 3.89. The van der Waals surface area contributed by atoms with E-state index in [1.807, 2.05) is 0 Å². The zero-order chi connectivity index (χ0) is 11.3. The van der Waals surface area contributed by atoms with Gasteiger partial charge in [-0.15, -0.1) is 0 Å². The normalized spacial score (nSPS) is 22.6. The molecule has 84 valence electrons. The fraction of sp³-hybridized carbons (Fsp3) is 0.444. The molecular formula is C9H7ClF2N4. The molecule has 0 radical (unpaired) electrons. The van der Waals surface area contributed by atoms with E-state index in [2.05, 4.69) is 15.1 Å². The van der Waals surface area contributed by atoms with Crippen LogP contribution < -0.4 is 0 Å². The first-order chi connectivity index (χ1) is 7.56. The smallest absolute Gasteiger partial charge is 0.248 e. The SMILES string of the molecule is FC1(F)CC1Cn1ncc2ncc(Cl)nc21. The fourth-order valence-electron chi connectivity index (χ4n) is 1.64. The summed E-state index contributed by atoms with van der Waals surface area (Å²) in [5, 5.41) is 4.21. The van der Waals surface area contributed by atoms with Crippen LogP contribution >= 0.6 is 11.6 Å². The minimum Gasteiger partial charge on any atom is -0.248 e. The van der Waals surface area contributed by atoms with Crippen molar-refractivity contribution in [3.63, 3.8) is 0 Å². The number of hydrogen-bond acceptors (Lipinski definition) is 3. The van der Waals surface area contributed by atoms with Gasteiger partial charge in [0.25, 0.3) is 5.92 Å². The molecule has 2 heterocycles. The molecule has 0 spiro atoms. The molecule has 2 aromatic rings. The van der Waals surface area contributed by atoms with Crippen LogP contribution in [-0.4, -0.2) is 25.7 Å². The first-order valence-corrected chi connectivity index (χ1v) is 5.16. The Hall–Kier alpha value is -1.30. The highest BCUT2D eigenvalue weighted by molar-refractivity contribution is 6.29. The lowest BCUT2D eigenvalue weighted by Gasteiger charge is -2.01. The van der Waals surface area contributed by atoms with E-state index in [1.165, 1.54) is 17.1 Å². The van der Waals surface area contributed by atoms with E-state index in [-0.39, 0.29) is 18.1 Å². The predicted octanol–water partition coefficient (Wildman–Crippen LogP) is 2.13. The van der Waals surface area contributed by atoms with Gasteiger partial charge in [-0.05, 0) is 0 Å². The fourth-order valence-corrected chi connectivity index (χ4v) is 1.77. The van der Waals surface area contributed by atoms with Crippen LogP contribution in [0, 0.1) is 5.92 Å². The van der Waals surface area contributed by atoms with E-state index >= 15 is 0 Å². The van der Waals surface area contributed by atoms with E-state index in [9.17, 15) is 8.78 Å². The molecule has 16 heavy (non-hydrogen) atoms. The number of fused-ring (bicyclic) bond motifs is 1. The summed E-state index contributed by atoms with van der Waals surface area (Å²) in [6.07, 6.45) is 2.82. The number of alkyl halides is 2. The Labute approximate surface area is 94.2 Å². The second kappa shape index (κ2) is 3.10. The van der Waals surface area contributed by atoms with Crippen LogP contribution in [0.25, 0.3) is 11.2 Å². The number of halogens is 3. The Balaban J connectivity index is 1.95. The number of nitrogens with zero attached hydrogens (tertiary/aromatic N) is 4. The molecule has 1 aliphatic rings. The van der Waals surface area contributed by atoms with Crippen LogP contribution in [-0.2, 0) is 6.54 Å². The highest BCUT2D eigenvalue weighted by Crippen LogP contribution is 2.49. The van der Waals surface area contributed by atoms with Crippen LogP contribution in [0.5, 0.6) is 0 Å². The molecule has 0 saturated heterocycles. The van der Waals surface area contributed by atoms with Gasteiger partial charge in [-0.3, -0.25) is 0 Å². The molecule has 2 aromatic heterocycles. The molecule has 1 unspecified atom stereocenters. The van der Waals surface area contributed by atoms with Crippen LogP contribution in [0.15, 0.2) is 12.4 Å². The maximum Gasteiger partial charge on any atom is 0.253 e. The minimum absolute atomic E-state index is 0.0810. The largest absolute Gasteiger partial charge is 0.253 e. The molecule has 1 saturated carbocycles. The number of rotatable bonds is 2. The van der Waals surface area contributed by atoms with Gasteiger partial charge in [0.05, 0.1) is 18.9 Å². The molecular weight excluding hydrogens is 238 g/mol. The van der Waals surface area contributed by atoms with E-state index in [4.69, 9.17) is 11.6 Å². The summed E-state index contributed by atoms with van der Waals surface area (Å²) >= 11 is 5.69. The van der Waals surface area contributed by atoms with Crippen molar-refractivity contribution in [2.75, 3.05) is 0 Å². The van der Waals surface area contributed by atoms with Crippen molar-refractivity contribution in [3.05, 3.63) is 17.5 Å². The van der Waals surface area contributed by atoms with Gasteiger partial charge in [0.1, 0.15) is 10.7 Å². The van der Waals surface area contributed by atoms with E-state index in [0.717, 1.165) is 0 Å². The highest BCUT2D eigenvalue weighted by Gasteiger charge is 2.57. The lowest BCUT2D eigenvalue weighted by molar-refractivity contribution is 0.0945. The van der Waals surface area contributed by atoms with Crippen LogP contribution in [0.2, 0.25) is 5.15 Å². The Bertz CT molecular complexity index is 553. The lowest BCUT2D eigenvalue weighted by atomic mass is 10.4. The third kappa shape index (κ3) is 1.53. The number of aromatic nitrogens is 4.